The minimum Gasteiger partial charge on any atom is -0.349 e. The van der Waals surface area contributed by atoms with Crippen molar-refractivity contribution in [3.63, 3.8) is 0 Å². The van der Waals surface area contributed by atoms with E-state index < -0.39 is 6.17 Å². The van der Waals surface area contributed by atoms with E-state index in [1.54, 1.807) is 18.5 Å². The lowest BCUT2D eigenvalue weighted by atomic mass is 10.2. The van der Waals surface area contributed by atoms with Gasteiger partial charge < -0.3 is 10.6 Å². The number of carbonyl (C=O) groups is 2. The molecule has 0 fully saturated rings. The topological polar surface area (TPSA) is 76.0 Å². The molecule has 104 valence electrons. The lowest BCUT2D eigenvalue weighted by molar-refractivity contribution is -0.130. The Labute approximate surface area is 116 Å². The normalized spacial score (nSPS) is 11.7. The van der Waals surface area contributed by atoms with Crippen LogP contribution in [0.3, 0.4) is 0 Å². The maximum atomic E-state index is 12.2. The van der Waals surface area contributed by atoms with Crippen LogP contribution in [0.5, 0.6) is 0 Å². The van der Waals surface area contributed by atoms with E-state index in [0.29, 0.717) is 6.54 Å². The predicted octanol–water partition coefficient (Wildman–Crippen LogP) is 0.834. The number of benzene rings is 1. The van der Waals surface area contributed by atoms with Crippen molar-refractivity contribution in [1.82, 2.24) is 20.4 Å². The molecule has 2 aromatic rings. The zero-order valence-electron chi connectivity index (χ0n) is 11.1. The molecule has 6 heteroatoms. The minimum absolute atomic E-state index is 0.291. The molecular weight excluding hydrogens is 256 g/mol. The van der Waals surface area contributed by atoms with Crippen LogP contribution >= 0.6 is 0 Å². The first-order valence-electron chi connectivity index (χ1n) is 6.24. The molecule has 2 N–H and O–H groups in total. The second-order valence-electron chi connectivity index (χ2n) is 4.29. The highest BCUT2D eigenvalue weighted by molar-refractivity contribution is 5.85. The van der Waals surface area contributed by atoms with E-state index in [4.69, 9.17) is 0 Å². The minimum atomic E-state index is -0.841. The van der Waals surface area contributed by atoms with E-state index in [0.717, 1.165) is 5.56 Å². The van der Waals surface area contributed by atoms with E-state index in [9.17, 15) is 9.59 Å². The largest absolute Gasteiger partial charge is 0.349 e. The number of nitrogens with zero attached hydrogens (tertiary/aromatic N) is 2. The Bertz CT molecular complexity index is 566. The summed E-state index contributed by atoms with van der Waals surface area (Å²) >= 11 is 0. The Morgan fingerprint density at radius 3 is 2.60 bits per heavy atom. The van der Waals surface area contributed by atoms with Crippen LogP contribution in [0.25, 0.3) is 0 Å². The molecule has 1 atom stereocenters. The molecular formula is C14H16N4O2. The molecule has 0 spiro atoms. The fourth-order valence-corrected chi connectivity index (χ4v) is 1.76. The van der Waals surface area contributed by atoms with Crippen molar-refractivity contribution < 1.29 is 9.59 Å². The summed E-state index contributed by atoms with van der Waals surface area (Å²) in [5.41, 5.74) is 0.989. The Morgan fingerprint density at radius 2 is 2.00 bits per heavy atom. The number of aromatic nitrogens is 2. The van der Waals surface area contributed by atoms with Crippen LogP contribution in [-0.2, 0) is 16.1 Å². The summed E-state index contributed by atoms with van der Waals surface area (Å²) in [6.07, 6.45) is 2.34. The third-order valence-corrected chi connectivity index (χ3v) is 2.69. The number of carbonyl (C=O) groups excluding carboxylic acids is 2. The molecule has 0 aliphatic carbocycles. The lowest BCUT2D eigenvalue weighted by Crippen LogP contribution is -2.42. The maximum absolute atomic E-state index is 12.2. The Morgan fingerprint density at radius 1 is 1.25 bits per heavy atom. The molecule has 0 unspecified atom stereocenters. The van der Waals surface area contributed by atoms with Crippen molar-refractivity contribution in [2.24, 2.45) is 0 Å². The van der Waals surface area contributed by atoms with E-state index in [2.05, 4.69) is 15.7 Å². The summed E-state index contributed by atoms with van der Waals surface area (Å²) in [4.78, 5) is 23.4. The van der Waals surface area contributed by atoms with Gasteiger partial charge in [-0.25, -0.2) is 4.68 Å². The summed E-state index contributed by atoms with van der Waals surface area (Å²) in [5, 5.41) is 9.33. The molecule has 20 heavy (non-hydrogen) atoms. The van der Waals surface area contributed by atoms with Crippen LogP contribution in [-0.4, -0.2) is 21.6 Å². The van der Waals surface area contributed by atoms with Crippen molar-refractivity contribution in [3.05, 3.63) is 54.4 Å². The molecule has 1 aromatic heterocycles. The zero-order valence-corrected chi connectivity index (χ0v) is 11.1. The summed E-state index contributed by atoms with van der Waals surface area (Å²) in [6, 6.07) is 11.2. The van der Waals surface area contributed by atoms with Crippen LogP contribution in [0.1, 0.15) is 18.7 Å². The number of hydrogen-bond acceptors (Lipinski definition) is 3. The van der Waals surface area contributed by atoms with Gasteiger partial charge in [0, 0.05) is 25.9 Å². The van der Waals surface area contributed by atoms with E-state index in [-0.39, 0.29) is 11.8 Å². The third-order valence-electron chi connectivity index (χ3n) is 2.69. The van der Waals surface area contributed by atoms with Gasteiger partial charge in [-0.1, -0.05) is 30.3 Å². The van der Waals surface area contributed by atoms with Gasteiger partial charge in [-0.05, 0) is 11.6 Å². The molecule has 0 aliphatic heterocycles. The first kappa shape index (κ1) is 13.8. The number of hydrogen-bond donors (Lipinski definition) is 2. The summed E-state index contributed by atoms with van der Waals surface area (Å²) in [6.45, 7) is 1.76. The first-order chi connectivity index (χ1) is 9.66. The highest BCUT2D eigenvalue weighted by atomic mass is 16.2. The molecule has 0 saturated carbocycles. The SMILES string of the molecule is CC(=O)N[C@@H](C(=O)NCc1ccccc1)n1cccn1. The fraction of sp³-hybridized carbons (Fsp3) is 0.214. The van der Waals surface area contributed by atoms with Crippen molar-refractivity contribution in [3.8, 4) is 0 Å². The number of rotatable bonds is 5. The summed E-state index contributed by atoms with van der Waals surface area (Å²) < 4.78 is 1.40. The van der Waals surface area contributed by atoms with Crippen molar-refractivity contribution in [1.29, 1.82) is 0 Å². The van der Waals surface area contributed by atoms with Gasteiger partial charge in [0.05, 0.1) is 0 Å². The van der Waals surface area contributed by atoms with Crippen molar-refractivity contribution >= 4 is 11.8 Å². The van der Waals surface area contributed by atoms with Crippen LogP contribution < -0.4 is 10.6 Å². The number of nitrogens with one attached hydrogen (secondary N) is 2. The standard InChI is InChI=1S/C14H16N4O2/c1-11(19)17-13(18-9-5-8-16-18)14(20)15-10-12-6-3-2-4-7-12/h2-9,13H,10H2,1H3,(H,15,20)(H,17,19)/t13-/m1/s1. The Balaban J connectivity index is 2.02. The molecule has 6 nitrogen and oxygen atoms in total. The molecule has 2 rings (SSSR count). The molecule has 2 amide bonds. The van der Waals surface area contributed by atoms with Gasteiger partial charge in [-0.15, -0.1) is 0 Å². The second kappa shape index (κ2) is 6.51. The average molecular weight is 272 g/mol. The predicted molar refractivity (Wildman–Crippen MR) is 73.4 cm³/mol. The second-order valence-corrected chi connectivity index (χ2v) is 4.29. The molecule has 0 radical (unpaired) electrons. The van der Waals surface area contributed by atoms with Crippen LogP contribution in [0, 0.1) is 0 Å². The zero-order chi connectivity index (χ0) is 14.4. The highest BCUT2D eigenvalue weighted by Gasteiger charge is 2.21. The molecule has 1 aromatic carbocycles. The quantitative estimate of drug-likeness (QED) is 0.846. The van der Waals surface area contributed by atoms with Crippen LogP contribution in [0.15, 0.2) is 48.8 Å². The van der Waals surface area contributed by atoms with E-state index >= 15 is 0 Å². The Kier molecular flexibility index (Phi) is 4.49. The van der Waals surface area contributed by atoms with Gasteiger partial charge in [0.25, 0.3) is 5.91 Å². The molecule has 0 aliphatic rings. The van der Waals surface area contributed by atoms with Gasteiger partial charge >= 0.3 is 0 Å². The molecule has 1 heterocycles. The van der Waals surface area contributed by atoms with Gasteiger partial charge in [0.2, 0.25) is 12.1 Å². The first-order valence-corrected chi connectivity index (χ1v) is 6.24. The van der Waals surface area contributed by atoms with Crippen molar-refractivity contribution in [2.75, 3.05) is 0 Å². The highest BCUT2D eigenvalue weighted by Crippen LogP contribution is 2.03. The lowest BCUT2D eigenvalue weighted by Gasteiger charge is -2.18. The van der Waals surface area contributed by atoms with Gasteiger partial charge in [-0.3, -0.25) is 9.59 Å². The maximum Gasteiger partial charge on any atom is 0.265 e. The van der Waals surface area contributed by atoms with Crippen LogP contribution in [0.4, 0.5) is 0 Å². The van der Waals surface area contributed by atoms with Gasteiger partial charge in [0.15, 0.2) is 0 Å². The van der Waals surface area contributed by atoms with Crippen LogP contribution in [0.2, 0.25) is 0 Å². The fourth-order valence-electron chi connectivity index (χ4n) is 1.76. The van der Waals surface area contributed by atoms with Gasteiger partial charge in [-0.2, -0.15) is 5.10 Å². The third kappa shape index (κ3) is 3.68. The van der Waals surface area contributed by atoms with E-state index in [1.165, 1.54) is 11.6 Å². The average Bonchev–Trinajstić information content (AvgIpc) is 2.97. The summed E-state index contributed by atoms with van der Waals surface area (Å²) in [7, 11) is 0. The molecule has 0 saturated heterocycles. The monoisotopic (exact) mass is 272 g/mol. The Hall–Kier alpha value is -2.63. The van der Waals surface area contributed by atoms with E-state index in [1.807, 2.05) is 30.3 Å². The van der Waals surface area contributed by atoms with Gasteiger partial charge in [0.1, 0.15) is 0 Å². The van der Waals surface area contributed by atoms with Crippen molar-refractivity contribution in [2.45, 2.75) is 19.6 Å². The summed E-state index contributed by atoms with van der Waals surface area (Å²) in [5.74, 6) is -0.604. The molecule has 0 bridgehead atoms. The smallest absolute Gasteiger partial charge is 0.265 e. The number of amides is 2.